The molecule has 0 aliphatic carbocycles. The second-order valence-electron chi connectivity index (χ2n) is 6.36. The molecule has 1 fully saturated rings. The van der Waals surface area contributed by atoms with Crippen molar-refractivity contribution in [1.82, 2.24) is 0 Å². The van der Waals surface area contributed by atoms with E-state index in [1.807, 2.05) is 27.7 Å². The molecule has 0 atom stereocenters. The van der Waals surface area contributed by atoms with Crippen LogP contribution in [0, 0.1) is 11.6 Å². The van der Waals surface area contributed by atoms with E-state index in [9.17, 15) is 8.78 Å². The minimum absolute atomic E-state index is 0.0884. The van der Waals surface area contributed by atoms with Gasteiger partial charge in [0.05, 0.1) is 16.9 Å². The van der Waals surface area contributed by atoms with E-state index in [2.05, 4.69) is 12.6 Å². The Labute approximate surface area is 135 Å². The van der Waals surface area contributed by atoms with Crippen molar-refractivity contribution >= 4 is 31.5 Å². The Kier molecular flexibility index (Phi) is 4.62. The second kappa shape index (κ2) is 5.87. The Balaban J connectivity index is 2.36. The van der Waals surface area contributed by atoms with Crippen LogP contribution in [0.2, 0.25) is 0 Å². The van der Waals surface area contributed by atoms with Crippen LogP contribution < -0.4 is 5.73 Å². The van der Waals surface area contributed by atoms with Gasteiger partial charge in [-0.15, -0.1) is 0 Å². The molecule has 0 spiro atoms. The summed E-state index contributed by atoms with van der Waals surface area (Å²) < 4.78 is 39.3. The molecular weight excluding hydrogens is 307 g/mol. The van der Waals surface area contributed by atoms with Gasteiger partial charge in [-0.3, -0.25) is 0 Å². The molecule has 22 heavy (non-hydrogen) atoms. The predicted molar refractivity (Wildman–Crippen MR) is 88.7 cm³/mol. The van der Waals surface area contributed by atoms with Crippen molar-refractivity contribution in [3.8, 4) is 0 Å². The maximum atomic E-state index is 13.9. The number of halogens is 2. The van der Waals surface area contributed by atoms with E-state index in [1.165, 1.54) is 6.08 Å². The van der Waals surface area contributed by atoms with Crippen LogP contribution in [0.3, 0.4) is 0 Å². The molecule has 2 N–H and O–H groups in total. The Hall–Kier alpha value is -1.05. The van der Waals surface area contributed by atoms with Crippen LogP contribution in [-0.4, -0.2) is 24.1 Å². The summed E-state index contributed by atoms with van der Waals surface area (Å²) in [6.45, 7) is 7.69. The SMILES string of the molecule is CC1(C)OB(C(=Cc2cc(F)c(N)cc2F)CS)OC1(C)C. The highest BCUT2D eigenvalue weighted by Gasteiger charge is 2.52. The van der Waals surface area contributed by atoms with E-state index in [1.54, 1.807) is 0 Å². The van der Waals surface area contributed by atoms with Gasteiger partial charge in [0.1, 0.15) is 11.6 Å². The van der Waals surface area contributed by atoms with Gasteiger partial charge in [0, 0.05) is 17.4 Å². The third kappa shape index (κ3) is 3.16. The van der Waals surface area contributed by atoms with Crippen LogP contribution in [0.5, 0.6) is 0 Å². The zero-order chi connectivity index (χ0) is 16.7. The van der Waals surface area contributed by atoms with Crippen molar-refractivity contribution in [3.05, 3.63) is 34.8 Å². The Morgan fingerprint density at radius 1 is 1.18 bits per heavy atom. The third-order valence-electron chi connectivity index (χ3n) is 4.20. The first-order valence-electron chi connectivity index (χ1n) is 6.99. The van der Waals surface area contributed by atoms with Gasteiger partial charge in [-0.05, 0) is 39.2 Å². The highest BCUT2D eigenvalue weighted by atomic mass is 32.1. The summed E-state index contributed by atoms with van der Waals surface area (Å²) in [5.74, 6) is -0.975. The van der Waals surface area contributed by atoms with Gasteiger partial charge in [0.2, 0.25) is 0 Å². The van der Waals surface area contributed by atoms with E-state index < -0.39 is 30.0 Å². The highest BCUT2D eigenvalue weighted by molar-refractivity contribution is 7.80. The summed E-state index contributed by atoms with van der Waals surface area (Å²) in [5.41, 5.74) is 4.81. The lowest BCUT2D eigenvalue weighted by atomic mass is 9.78. The lowest BCUT2D eigenvalue weighted by Crippen LogP contribution is -2.41. The maximum Gasteiger partial charge on any atom is 0.491 e. The number of rotatable bonds is 3. The fourth-order valence-electron chi connectivity index (χ4n) is 2.07. The fourth-order valence-corrected chi connectivity index (χ4v) is 2.31. The van der Waals surface area contributed by atoms with Gasteiger partial charge in [0.25, 0.3) is 0 Å². The van der Waals surface area contributed by atoms with Crippen molar-refractivity contribution in [2.45, 2.75) is 38.9 Å². The smallest absolute Gasteiger partial charge is 0.400 e. The van der Waals surface area contributed by atoms with Gasteiger partial charge < -0.3 is 15.0 Å². The van der Waals surface area contributed by atoms with Crippen molar-refractivity contribution in [1.29, 1.82) is 0 Å². The fraction of sp³-hybridized carbons (Fsp3) is 0.467. The Bertz CT molecular complexity index is 604. The molecule has 0 radical (unpaired) electrons. The molecule has 1 heterocycles. The molecule has 0 aromatic heterocycles. The molecule has 0 amide bonds. The minimum atomic E-state index is -0.667. The van der Waals surface area contributed by atoms with Crippen molar-refractivity contribution in [2.75, 3.05) is 11.5 Å². The monoisotopic (exact) mass is 327 g/mol. The molecule has 0 unspecified atom stereocenters. The van der Waals surface area contributed by atoms with E-state index in [0.29, 0.717) is 11.2 Å². The molecular formula is C15H20BF2NO2S. The van der Waals surface area contributed by atoms with E-state index >= 15 is 0 Å². The van der Waals surface area contributed by atoms with Gasteiger partial charge in [-0.1, -0.05) is 6.08 Å². The van der Waals surface area contributed by atoms with Crippen LogP contribution >= 0.6 is 12.6 Å². The quantitative estimate of drug-likeness (QED) is 0.507. The van der Waals surface area contributed by atoms with Crippen molar-refractivity contribution < 1.29 is 18.1 Å². The number of thiol groups is 1. The molecule has 3 nitrogen and oxygen atoms in total. The van der Waals surface area contributed by atoms with Crippen molar-refractivity contribution in [3.63, 3.8) is 0 Å². The molecule has 120 valence electrons. The first kappa shape index (κ1) is 17.3. The number of nitrogens with two attached hydrogens (primary N) is 1. The van der Waals surface area contributed by atoms with Crippen LogP contribution in [0.4, 0.5) is 14.5 Å². The van der Waals surface area contributed by atoms with E-state index in [0.717, 1.165) is 12.1 Å². The first-order valence-corrected chi connectivity index (χ1v) is 7.62. The Morgan fingerprint density at radius 3 is 2.23 bits per heavy atom. The molecule has 0 saturated carbocycles. The van der Waals surface area contributed by atoms with Gasteiger partial charge >= 0.3 is 7.12 Å². The number of benzene rings is 1. The second-order valence-corrected chi connectivity index (χ2v) is 6.68. The number of anilines is 1. The number of hydrogen-bond acceptors (Lipinski definition) is 4. The highest BCUT2D eigenvalue weighted by Crippen LogP contribution is 2.39. The molecule has 7 heteroatoms. The van der Waals surface area contributed by atoms with Gasteiger partial charge in [-0.25, -0.2) is 8.78 Å². The molecule has 1 aliphatic rings. The van der Waals surface area contributed by atoms with Crippen molar-refractivity contribution in [2.24, 2.45) is 0 Å². The number of nitrogen functional groups attached to an aromatic ring is 1. The summed E-state index contributed by atoms with van der Waals surface area (Å²) in [7, 11) is -0.650. The summed E-state index contributed by atoms with van der Waals surface area (Å²) in [4.78, 5) is 0. The lowest BCUT2D eigenvalue weighted by molar-refractivity contribution is 0.00578. The summed E-state index contributed by atoms with van der Waals surface area (Å²) >= 11 is 4.25. The summed E-state index contributed by atoms with van der Waals surface area (Å²) in [6, 6.07) is 2.01. The van der Waals surface area contributed by atoms with Gasteiger partial charge in [-0.2, -0.15) is 12.6 Å². The Morgan fingerprint density at radius 2 is 1.73 bits per heavy atom. The third-order valence-corrected chi connectivity index (χ3v) is 4.56. The molecule has 1 aliphatic heterocycles. The normalized spacial score (nSPS) is 20.5. The summed E-state index contributed by atoms with van der Waals surface area (Å²) in [6.07, 6.45) is 1.49. The van der Waals surface area contributed by atoms with Crippen LogP contribution in [0.25, 0.3) is 6.08 Å². The molecule has 1 aromatic carbocycles. The average molecular weight is 327 g/mol. The predicted octanol–water partition coefficient (Wildman–Crippen LogP) is 3.49. The molecule has 1 aromatic rings. The zero-order valence-corrected chi connectivity index (χ0v) is 14.0. The van der Waals surface area contributed by atoms with E-state index in [-0.39, 0.29) is 11.3 Å². The molecule has 0 bridgehead atoms. The maximum absolute atomic E-state index is 13.9. The topological polar surface area (TPSA) is 44.5 Å². The first-order chi connectivity index (χ1) is 10.1. The van der Waals surface area contributed by atoms with E-state index in [4.69, 9.17) is 15.0 Å². The minimum Gasteiger partial charge on any atom is -0.400 e. The van der Waals surface area contributed by atoms with Crippen LogP contribution in [-0.2, 0) is 9.31 Å². The summed E-state index contributed by atoms with van der Waals surface area (Å²) in [5, 5.41) is 0. The standard InChI is InChI=1S/C15H20BF2NO2S/c1-14(2)15(3,4)21-16(20-14)10(8-22)5-9-6-12(18)13(19)7-11(9)17/h5-7,22H,8,19H2,1-4H3. The largest absolute Gasteiger partial charge is 0.491 e. The zero-order valence-electron chi connectivity index (χ0n) is 13.1. The van der Waals surface area contributed by atoms with Gasteiger partial charge in [0.15, 0.2) is 0 Å². The van der Waals surface area contributed by atoms with Crippen LogP contribution in [0.15, 0.2) is 17.6 Å². The average Bonchev–Trinajstić information content (AvgIpc) is 2.61. The van der Waals surface area contributed by atoms with Crippen LogP contribution in [0.1, 0.15) is 33.3 Å². The molecule has 2 rings (SSSR count). The lowest BCUT2D eigenvalue weighted by Gasteiger charge is -2.32. The molecule has 1 saturated heterocycles. The number of hydrogen-bond donors (Lipinski definition) is 2.